The van der Waals surface area contributed by atoms with E-state index in [9.17, 15) is 0 Å². The quantitative estimate of drug-likeness (QED) is 0.888. The van der Waals surface area contributed by atoms with Crippen molar-refractivity contribution in [2.24, 2.45) is 7.05 Å². The molecule has 21 heavy (non-hydrogen) atoms. The molecule has 1 aromatic carbocycles. The van der Waals surface area contributed by atoms with E-state index < -0.39 is 0 Å². The number of aryl methyl sites for hydroxylation is 2. The maximum absolute atomic E-state index is 5.39. The molecule has 0 spiro atoms. The number of nitrogens with zero attached hydrogens (tertiary/aromatic N) is 2. The second-order valence-corrected chi connectivity index (χ2v) is 5.45. The molecule has 0 bridgehead atoms. The summed E-state index contributed by atoms with van der Waals surface area (Å²) in [6, 6.07) is 8.48. The molecule has 0 saturated carbocycles. The molecule has 0 aliphatic carbocycles. The summed E-state index contributed by atoms with van der Waals surface area (Å²) in [6.45, 7) is 7.29. The van der Waals surface area contributed by atoms with Crippen LogP contribution in [-0.4, -0.2) is 23.4 Å². The zero-order valence-electron chi connectivity index (χ0n) is 13.6. The molecule has 0 saturated heterocycles. The van der Waals surface area contributed by atoms with Gasteiger partial charge < -0.3 is 10.1 Å². The van der Waals surface area contributed by atoms with Gasteiger partial charge in [0.2, 0.25) is 0 Å². The summed E-state index contributed by atoms with van der Waals surface area (Å²) in [5, 5.41) is 8.07. The highest BCUT2D eigenvalue weighted by atomic mass is 16.5. The molecule has 2 aromatic rings. The summed E-state index contributed by atoms with van der Waals surface area (Å²) in [4.78, 5) is 0. The van der Waals surface area contributed by atoms with E-state index in [0.29, 0.717) is 6.04 Å². The Hall–Kier alpha value is -1.81. The van der Waals surface area contributed by atoms with Crippen LogP contribution in [0, 0.1) is 13.8 Å². The number of methoxy groups -OCH3 is 1. The van der Waals surface area contributed by atoms with Crippen LogP contribution in [0.1, 0.15) is 35.5 Å². The van der Waals surface area contributed by atoms with Gasteiger partial charge in [0, 0.05) is 24.3 Å². The third-order valence-electron chi connectivity index (χ3n) is 4.04. The molecule has 4 heteroatoms. The zero-order chi connectivity index (χ0) is 15.4. The average molecular weight is 287 g/mol. The Morgan fingerprint density at radius 3 is 2.62 bits per heavy atom. The first kappa shape index (κ1) is 15.6. The fourth-order valence-electron chi connectivity index (χ4n) is 2.85. The highest BCUT2D eigenvalue weighted by Gasteiger charge is 2.15. The normalized spacial score (nSPS) is 12.4. The monoisotopic (exact) mass is 287 g/mol. The maximum Gasteiger partial charge on any atom is 0.122 e. The number of rotatable bonds is 6. The largest absolute Gasteiger partial charge is 0.496 e. The molecule has 1 N–H and O–H groups in total. The number of hydrogen-bond donors (Lipinski definition) is 1. The van der Waals surface area contributed by atoms with Crippen LogP contribution in [0.3, 0.4) is 0 Å². The molecule has 114 valence electrons. The fourth-order valence-corrected chi connectivity index (χ4v) is 2.85. The van der Waals surface area contributed by atoms with E-state index in [1.54, 1.807) is 7.11 Å². The molecule has 1 atom stereocenters. The van der Waals surface area contributed by atoms with Gasteiger partial charge in [0.05, 0.1) is 12.8 Å². The third-order valence-corrected chi connectivity index (χ3v) is 4.04. The highest BCUT2D eigenvalue weighted by Crippen LogP contribution is 2.21. The second-order valence-electron chi connectivity index (χ2n) is 5.45. The standard InChI is InChI=1S/C17H25N3O/c1-12(17-13(2)19-20(4)14(17)3)18-11-10-15-8-6-7-9-16(15)21-5/h6-9,12,18H,10-11H2,1-5H3. The minimum absolute atomic E-state index is 0.299. The minimum Gasteiger partial charge on any atom is -0.496 e. The molecular weight excluding hydrogens is 262 g/mol. The molecule has 1 unspecified atom stereocenters. The molecule has 0 radical (unpaired) electrons. The third kappa shape index (κ3) is 3.45. The van der Waals surface area contributed by atoms with Gasteiger partial charge in [0.25, 0.3) is 0 Å². The average Bonchev–Trinajstić information content (AvgIpc) is 2.72. The van der Waals surface area contributed by atoms with Crippen molar-refractivity contribution < 1.29 is 4.74 Å². The van der Waals surface area contributed by atoms with Crippen LogP contribution >= 0.6 is 0 Å². The Morgan fingerprint density at radius 2 is 2.00 bits per heavy atom. The van der Waals surface area contributed by atoms with Gasteiger partial charge in [-0.1, -0.05) is 18.2 Å². The molecule has 2 rings (SSSR count). The van der Waals surface area contributed by atoms with Crippen molar-refractivity contribution in [2.45, 2.75) is 33.2 Å². The lowest BCUT2D eigenvalue weighted by molar-refractivity contribution is 0.408. The van der Waals surface area contributed by atoms with Gasteiger partial charge in [0.1, 0.15) is 5.75 Å². The van der Waals surface area contributed by atoms with Gasteiger partial charge in [-0.25, -0.2) is 0 Å². The van der Waals surface area contributed by atoms with E-state index in [4.69, 9.17) is 4.74 Å². The lowest BCUT2D eigenvalue weighted by Gasteiger charge is -2.15. The molecular formula is C17H25N3O. The predicted molar refractivity (Wildman–Crippen MR) is 85.8 cm³/mol. The van der Waals surface area contributed by atoms with Crippen molar-refractivity contribution in [2.75, 3.05) is 13.7 Å². The summed E-state index contributed by atoms with van der Waals surface area (Å²) < 4.78 is 7.34. The van der Waals surface area contributed by atoms with Crippen molar-refractivity contribution in [1.82, 2.24) is 15.1 Å². The number of benzene rings is 1. The maximum atomic E-state index is 5.39. The van der Waals surface area contributed by atoms with Gasteiger partial charge in [-0.2, -0.15) is 5.10 Å². The van der Waals surface area contributed by atoms with Gasteiger partial charge in [-0.3, -0.25) is 4.68 Å². The Balaban J connectivity index is 1.97. The zero-order valence-corrected chi connectivity index (χ0v) is 13.6. The van der Waals surface area contributed by atoms with Gasteiger partial charge in [-0.05, 0) is 45.4 Å². The lowest BCUT2D eigenvalue weighted by Crippen LogP contribution is -2.22. The molecule has 0 aliphatic heterocycles. The summed E-state index contributed by atoms with van der Waals surface area (Å²) in [5.74, 6) is 0.959. The van der Waals surface area contributed by atoms with Crippen LogP contribution in [0.25, 0.3) is 0 Å². The van der Waals surface area contributed by atoms with E-state index >= 15 is 0 Å². The highest BCUT2D eigenvalue weighted by molar-refractivity contribution is 5.33. The van der Waals surface area contributed by atoms with Crippen molar-refractivity contribution in [3.8, 4) is 5.75 Å². The van der Waals surface area contributed by atoms with Crippen LogP contribution in [-0.2, 0) is 13.5 Å². The molecule has 0 aliphatic rings. The Kier molecular flexibility index (Phi) is 5.02. The van der Waals surface area contributed by atoms with Gasteiger partial charge >= 0.3 is 0 Å². The summed E-state index contributed by atoms with van der Waals surface area (Å²) >= 11 is 0. The van der Waals surface area contributed by atoms with Crippen LogP contribution in [0.4, 0.5) is 0 Å². The van der Waals surface area contributed by atoms with Crippen LogP contribution < -0.4 is 10.1 Å². The topological polar surface area (TPSA) is 39.1 Å². The first-order chi connectivity index (χ1) is 10.0. The summed E-state index contributed by atoms with van der Waals surface area (Å²) in [7, 11) is 3.71. The first-order valence-electron chi connectivity index (χ1n) is 7.40. The number of para-hydroxylation sites is 1. The number of aromatic nitrogens is 2. The van der Waals surface area contributed by atoms with Crippen molar-refractivity contribution >= 4 is 0 Å². The predicted octanol–water partition coefficient (Wildman–Crippen LogP) is 2.94. The molecule has 1 aromatic heterocycles. The molecule has 0 amide bonds. The lowest BCUT2D eigenvalue weighted by atomic mass is 10.1. The smallest absolute Gasteiger partial charge is 0.122 e. The van der Waals surface area contributed by atoms with E-state index in [2.05, 4.69) is 43.3 Å². The van der Waals surface area contributed by atoms with Crippen molar-refractivity contribution in [1.29, 1.82) is 0 Å². The van der Waals surface area contributed by atoms with E-state index in [-0.39, 0.29) is 0 Å². The molecule has 4 nitrogen and oxygen atoms in total. The van der Waals surface area contributed by atoms with Crippen LogP contribution in [0.5, 0.6) is 5.75 Å². The second kappa shape index (κ2) is 6.76. The van der Waals surface area contributed by atoms with E-state index in [1.165, 1.54) is 16.8 Å². The van der Waals surface area contributed by atoms with Gasteiger partial charge in [-0.15, -0.1) is 0 Å². The number of hydrogen-bond acceptors (Lipinski definition) is 3. The Morgan fingerprint density at radius 1 is 1.29 bits per heavy atom. The summed E-state index contributed by atoms with van der Waals surface area (Å²) in [6.07, 6.45) is 0.951. The van der Waals surface area contributed by atoms with E-state index in [0.717, 1.165) is 24.4 Å². The molecule has 1 heterocycles. The van der Waals surface area contributed by atoms with E-state index in [1.807, 2.05) is 23.9 Å². The minimum atomic E-state index is 0.299. The van der Waals surface area contributed by atoms with Crippen molar-refractivity contribution in [3.63, 3.8) is 0 Å². The number of ether oxygens (including phenoxy) is 1. The van der Waals surface area contributed by atoms with Gasteiger partial charge in [0.15, 0.2) is 0 Å². The van der Waals surface area contributed by atoms with Crippen LogP contribution in [0.15, 0.2) is 24.3 Å². The first-order valence-corrected chi connectivity index (χ1v) is 7.40. The van der Waals surface area contributed by atoms with Crippen molar-refractivity contribution in [3.05, 3.63) is 46.8 Å². The fraction of sp³-hybridized carbons (Fsp3) is 0.471. The SMILES string of the molecule is COc1ccccc1CCNC(C)c1c(C)nn(C)c1C. The Labute approximate surface area is 127 Å². The van der Waals surface area contributed by atoms with Crippen LogP contribution in [0.2, 0.25) is 0 Å². The summed E-state index contributed by atoms with van der Waals surface area (Å²) in [5.41, 5.74) is 4.87. The molecule has 0 fully saturated rings. The Bertz CT molecular complexity index is 604. The number of nitrogens with one attached hydrogen (secondary N) is 1.